The standard InChI is InChI=1S/C26H27N3O3/c1-18-6-3-4-8-22(18)19-9-11-20(12-10-19)23-15-29(24(23)17-30)25(31)16-28(2)26(32)21-7-5-13-27-14-21/h3-14,23-24,30H,15-17H2,1-2H3/t23-,24+/m0/s1. The van der Waals surface area contributed by atoms with Crippen LogP contribution in [-0.2, 0) is 4.79 Å². The molecule has 0 unspecified atom stereocenters. The third-order valence-corrected chi connectivity index (χ3v) is 6.19. The van der Waals surface area contributed by atoms with Gasteiger partial charge in [0, 0.05) is 31.9 Å². The highest BCUT2D eigenvalue weighted by molar-refractivity contribution is 5.96. The summed E-state index contributed by atoms with van der Waals surface area (Å²) < 4.78 is 0. The van der Waals surface area contributed by atoms with Crippen LogP contribution in [0.4, 0.5) is 0 Å². The van der Waals surface area contributed by atoms with Crippen molar-refractivity contribution >= 4 is 11.8 Å². The summed E-state index contributed by atoms with van der Waals surface area (Å²) in [6.45, 7) is 2.47. The molecule has 2 heterocycles. The molecule has 1 saturated heterocycles. The van der Waals surface area contributed by atoms with E-state index < -0.39 is 0 Å². The minimum atomic E-state index is -0.284. The van der Waals surface area contributed by atoms with E-state index in [0.717, 1.165) is 11.1 Å². The minimum Gasteiger partial charge on any atom is -0.394 e. The maximum absolute atomic E-state index is 12.8. The molecule has 6 heteroatoms. The first kappa shape index (κ1) is 21.7. The van der Waals surface area contributed by atoms with Crippen LogP contribution in [0.5, 0.6) is 0 Å². The van der Waals surface area contributed by atoms with Gasteiger partial charge < -0.3 is 14.9 Å². The van der Waals surface area contributed by atoms with Crippen molar-refractivity contribution < 1.29 is 14.7 Å². The Morgan fingerprint density at radius 2 is 1.84 bits per heavy atom. The van der Waals surface area contributed by atoms with Crippen LogP contribution >= 0.6 is 0 Å². The van der Waals surface area contributed by atoms with Crippen LogP contribution in [0.25, 0.3) is 11.1 Å². The second-order valence-electron chi connectivity index (χ2n) is 8.24. The van der Waals surface area contributed by atoms with Gasteiger partial charge in [-0.2, -0.15) is 0 Å². The van der Waals surface area contributed by atoms with Crippen molar-refractivity contribution in [1.29, 1.82) is 0 Å². The zero-order chi connectivity index (χ0) is 22.7. The van der Waals surface area contributed by atoms with E-state index >= 15 is 0 Å². The highest BCUT2D eigenvalue weighted by atomic mass is 16.3. The van der Waals surface area contributed by atoms with Crippen molar-refractivity contribution in [2.75, 3.05) is 26.7 Å². The summed E-state index contributed by atoms with van der Waals surface area (Å²) in [6.07, 6.45) is 3.08. The summed E-state index contributed by atoms with van der Waals surface area (Å²) in [5.41, 5.74) is 5.11. The fourth-order valence-corrected chi connectivity index (χ4v) is 4.27. The first-order valence-electron chi connectivity index (χ1n) is 10.7. The fourth-order valence-electron chi connectivity index (χ4n) is 4.27. The van der Waals surface area contributed by atoms with Crippen molar-refractivity contribution in [2.24, 2.45) is 0 Å². The smallest absolute Gasteiger partial charge is 0.255 e. The molecule has 2 amide bonds. The van der Waals surface area contributed by atoms with Crippen LogP contribution in [0.3, 0.4) is 0 Å². The molecule has 1 aliphatic rings. The molecular formula is C26H27N3O3. The Morgan fingerprint density at radius 3 is 2.50 bits per heavy atom. The second-order valence-corrected chi connectivity index (χ2v) is 8.24. The molecule has 2 aromatic carbocycles. The number of likely N-dealkylation sites (N-methyl/N-ethyl adjacent to an activating group) is 1. The molecule has 6 nitrogen and oxygen atoms in total. The normalized spacial score (nSPS) is 17.5. The van der Waals surface area contributed by atoms with Gasteiger partial charge in [-0.15, -0.1) is 0 Å². The number of carbonyl (C=O) groups excluding carboxylic acids is 2. The number of hydrogen-bond donors (Lipinski definition) is 1. The van der Waals surface area contributed by atoms with Gasteiger partial charge in [0.2, 0.25) is 5.91 Å². The predicted octanol–water partition coefficient (Wildman–Crippen LogP) is 3.12. The van der Waals surface area contributed by atoms with Crippen molar-refractivity contribution in [1.82, 2.24) is 14.8 Å². The van der Waals surface area contributed by atoms with E-state index in [4.69, 9.17) is 0 Å². The van der Waals surface area contributed by atoms with Gasteiger partial charge in [0.1, 0.15) is 0 Å². The number of hydrogen-bond acceptors (Lipinski definition) is 4. The van der Waals surface area contributed by atoms with Gasteiger partial charge >= 0.3 is 0 Å². The summed E-state index contributed by atoms with van der Waals surface area (Å²) >= 11 is 0. The van der Waals surface area contributed by atoms with Crippen LogP contribution in [0.2, 0.25) is 0 Å². The van der Waals surface area contributed by atoms with Gasteiger partial charge in [-0.1, -0.05) is 48.5 Å². The molecule has 0 aliphatic carbocycles. The molecule has 1 aromatic heterocycles. The largest absolute Gasteiger partial charge is 0.394 e. The maximum atomic E-state index is 12.8. The van der Waals surface area contributed by atoms with E-state index in [2.05, 4.69) is 48.3 Å². The number of aliphatic hydroxyl groups excluding tert-OH is 1. The molecule has 3 aromatic rings. The SMILES string of the molecule is Cc1ccccc1-c1ccc([C@@H]2CN(C(=O)CN(C)C(=O)c3cccnc3)[C@@H]2CO)cc1. The Hall–Kier alpha value is -3.51. The lowest BCUT2D eigenvalue weighted by Crippen LogP contribution is -2.60. The van der Waals surface area contributed by atoms with Crippen LogP contribution in [-0.4, -0.2) is 64.5 Å². The molecule has 1 N–H and O–H groups in total. The lowest BCUT2D eigenvalue weighted by Gasteiger charge is -2.48. The molecular weight excluding hydrogens is 402 g/mol. The molecule has 164 valence electrons. The highest BCUT2D eigenvalue weighted by Crippen LogP contribution is 2.35. The zero-order valence-corrected chi connectivity index (χ0v) is 18.3. The number of rotatable bonds is 6. The number of pyridine rings is 1. The lowest BCUT2D eigenvalue weighted by atomic mass is 9.82. The average Bonchev–Trinajstić information content (AvgIpc) is 2.79. The number of benzene rings is 2. The van der Waals surface area contributed by atoms with Gasteiger partial charge in [0.15, 0.2) is 0 Å². The fraction of sp³-hybridized carbons (Fsp3) is 0.269. The van der Waals surface area contributed by atoms with Crippen molar-refractivity contribution in [3.05, 3.63) is 89.7 Å². The van der Waals surface area contributed by atoms with E-state index in [1.54, 1.807) is 30.3 Å². The third-order valence-electron chi connectivity index (χ3n) is 6.19. The maximum Gasteiger partial charge on any atom is 0.255 e. The molecule has 0 spiro atoms. The van der Waals surface area contributed by atoms with E-state index in [-0.39, 0.29) is 36.9 Å². The Bertz CT molecular complexity index is 1100. The van der Waals surface area contributed by atoms with Gasteiger partial charge in [-0.3, -0.25) is 14.6 Å². The summed E-state index contributed by atoms with van der Waals surface area (Å²) in [4.78, 5) is 32.3. The molecule has 2 atom stereocenters. The predicted molar refractivity (Wildman–Crippen MR) is 123 cm³/mol. The van der Waals surface area contributed by atoms with Crippen molar-refractivity contribution in [3.8, 4) is 11.1 Å². The first-order chi connectivity index (χ1) is 15.5. The second kappa shape index (κ2) is 9.32. The first-order valence-corrected chi connectivity index (χ1v) is 10.7. The quantitative estimate of drug-likeness (QED) is 0.653. The third kappa shape index (κ3) is 4.27. The number of carbonyl (C=O) groups is 2. The topological polar surface area (TPSA) is 73.7 Å². The summed E-state index contributed by atoms with van der Waals surface area (Å²) in [7, 11) is 1.60. The van der Waals surface area contributed by atoms with E-state index in [1.165, 1.54) is 22.2 Å². The monoisotopic (exact) mass is 429 g/mol. The molecule has 4 rings (SSSR count). The summed E-state index contributed by atoms with van der Waals surface area (Å²) in [5.74, 6) is -0.346. The molecule has 1 aliphatic heterocycles. The van der Waals surface area contributed by atoms with Gasteiger partial charge in [-0.05, 0) is 41.3 Å². The Kier molecular flexibility index (Phi) is 6.32. The molecule has 0 bridgehead atoms. The average molecular weight is 430 g/mol. The van der Waals surface area contributed by atoms with Crippen LogP contribution in [0.15, 0.2) is 73.1 Å². The number of likely N-dealkylation sites (tertiary alicyclic amines) is 1. The lowest BCUT2D eigenvalue weighted by molar-refractivity contribution is -0.142. The summed E-state index contributed by atoms with van der Waals surface area (Å²) in [5, 5.41) is 9.94. The molecule has 1 fully saturated rings. The number of nitrogens with zero attached hydrogens (tertiary/aromatic N) is 3. The van der Waals surface area contributed by atoms with Gasteiger partial charge in [0.05, 0.1) is 24.8 Å². The van der Waals surface area contributed by atoms with Crippen LogP contribution < -0.4 is 0 Å². The van der Waals surface area contributed by atoms with E-state index in [0.29, 0.717) is 12.1 Å². The Labute approximate surface area is 188 Å². The Balaban J connectivity index is 1.40. The number of aromatic nitrogens is 1. The molecule has 32 heavy (non-hydrogen) atoms. The van der Waals surface area contributed by atoms with E-state index in [1.807, 2.05) is 12.1 Å². The number of aryl methyl sites for hydroxylation is 1. The number of aliphatic hydroxyl groups is 1. The molecule has 0 radical (unpaired) electrons. The zero-order valence-electron chi connectivity index (χ0n) is 18.3. The molecule has 0 saturated carbocycles. The highest BCUT2D eigenvalue weighted by Gasteiger charge is 2.42. The van der Waals surface area contributed by atoms with Crippen molar-refractivity contribution in [3.63, 3.8) is 0 Å². The summed E-state index contributed by atoms with van der Waals surface area (Å²) in [6, 6.07) is 19.7. The van der Waals surface area contributed by atoms with E-state index in [9.17, 15) is 14.7 Å². The minimum absolute atomic E-state index is 0.0385. The van der Waals surface area contributed by atoms with Gasteiger partial charge in [0.25, 0.3) is 5.91 Å². The van der Waals surface area contributed by atoms with Gasteiger partial charge in [-0.25, -0.2) is 0 Å². The number of amides is 2. The van der Waals surface area contributed by atoms with Crippen molar-refractivity contribution in [2.45, 2.75) is 18.9 Å². The van der Waals surface area contributed by atoms with Crippen LogP contribution in [0, 0.1) is 6.92 Å². The Morgan fingerprint density at radius 1 is 1.09 bits per heavy atom. The van der Waals surface area contributed by atoms with Crippen LogP contribution in [0.1, 0.15) is 27.4 Å².